The second kappa shape index (κ2) is 6.39. The van der Waals surface area contributed by atoms with Gasteiger partial charge in [-0.15, -0.1) is 0 Å². The first-order valence-electron chi connectivity index (χ1n) is 6.62. The van der Waals surface area contributed by atoms with Gasteiger partial charge in [0.2, 0.25) is 10.0 Å². The number of nitrogens with two attached hydrogens (primary N) is 1. The Kier molecular flexibility index (Phi) is 5.01. The lowest BCUT2D eigenvalue weighted by molar-refractivity contribution is 0.296. The molecule has 0 spiro atoms. The van der Waals surface area contributed by atoms with E-state index >= 15 is 0 Å². The van der Waals surface area contributed by atoms with Crippen LogP contribution in [-0.4, -0.2) is 21.0 Å². The number of nitrogens with one attached hydrogen (secondary N) is 1. The van der Waals surface area contributed by atoms with Crippen LogP contribution in [0.2, 0.25) is 5.02 Å². The van der Waals surface area contributed by atoms with Gasteiger partial charge in [-0.1, -0.05) is 30.5 Å². The van der Waals surface area contributed by atoms with Gasteiger partial charge in [-0.05, 0) is 37.4 Å². The minimum absolute atomic E-state index is 0.0979. The number of hydrogen-bond donors (Lipinski definition) is 2. The highest BCUT2D eigenvalue weighted by molar-refractivity contribution is 7.89. The number of hydrogen-bond acceptors (Lipinski definition) is 3. The molecule has 0 radical (unpaired) electrons. The van der Waals surface area contributed by atoms with E-state index in [1.807, 2.05) is 0 Å². The van der Waals surface area contributed by atoms with E-state index in [2.05, 4.69) is 4.72 Å². The van der Waals surface area contributed by atoms with Crippen molar-refractivity contribution in [3.63, 3.8) is 0 Å². The highest BCUT2D eigenvalue weighted by Gasteiger charge is 2.30. The minimum atomic E-state index is -3.92. The van der Waals surface area contributed by atoms with Crippen molar-refractivity contribution in [1.29, 1.82) is 0 Å². The molecule has 7 heteroatoms. The quantitative estimate of drug-likeness (QED) is 0.894. The van der Waals surface area contributed by atoms with Gasteiger partial charge in [0.1, 0.15) is 4.90 Å². The summed E-state index contributed by atoms with van der Waals surface area (Å²) in [5, 5.41) is -0.202. The van der Waals surface area contributed by atoms with Crippen LogP contribution in [0.5, 0.6) is 0 Å². The van der Waals surface area contributed by atoms with Gasteiger partial charge in [0.15, 0.2) is 5.82 Å². The normalized spacial score (nSPS) is 23.8. The van der Waals surface area contributed by atoms with Gasteiger partial charge in [-0.25, -0.2) is 17.5 Å². The Morgan fingerprint density at radius 2 is 2.05 bits per heavy atom. The summed E-state index contributed by atoms with van der Waals surface area (Å²) in [7, 11) is -3.92. The van der Waals surface area contributed by atoms with Crippen molar-refractivity contribution in [2.45, 2.75) is 36.6 Å². The average Bonchev–Trinajstić information content (AvgIpc) is 2.42. The Balaban J connectivity index is 2.24. The molecule has 2 atom stereocenters. The fraction of sp³-hybridized carbons (Fsp3) is 0.538. The standard InChI is InChI=1S/C13H18ClFN2O2S/c14-10-5-3-7-12(13(10)15)20(18,19)17-11-6-2-1-4-9(11)8-16/h3,5,7,9,11,17H,1-2,4,6,8,16H2. The summed E-state index contributed by atoms with van der Waals surface area (Å²) < 4.78 is 41.0. The molecule has 0 aromatic heterocycles. The summed E-state index contributed by atoms with van der Waals surface area (Å²) in [5.41, 5.74) is 5.68. The molecular formula is C13H18ClFN2O2S. The van der Waals surface area contributed by atoms with Crippen LogP contribution < -0.4 is 10.5 Å². The molecule has 1 aromatic rings. The monoisotopic (exact) mass is 320 g/mol. The maximum atomic E-state index is 13.9. The van der Waals surface area contributed by atoms with Crippen LogP contribution in [0, 0.1) is 11.7 Å². The maximum absolute atomic E-state index is 13.9. The van der Waals surface area contributed by atoms with Crippen molar-refractivity contribution in [1.82, 2.24) is 4.72 Å². The molecule has 2 unspecified atom stereocenters. The SMILES string of the molecule is NCC1CCCCC1NS(=O)(=O)c1cccc(Cl)c1F. The molecule has 1 aliphatic rings. The van der Waals surface area contributed by atoms with Crippen molar-refractivity contribution in [3.05, 3.63) is 29.0 Å². The zero-order valence-electron chi connectivity index (χ0n) is 11.0. The number of halogens is 2. The summed E-state index contributed by atoms with van der Waals surface area (Å²) in [6.45, 7) is 0.422. The predicted molar refractivity (Wildman–Crippen MR) is 76.5 cm³/mol. The molecule has 112 valence electrons. The van der Waals surface area contributed by atoms with Crippen LogP contribution in [0.25, 0.3) is 0 Å². The third-order valence-electron chi connectivity index (χ3n) is 3.72. The molecule has 0 amide bonds. The highest BCUT2D eigenvalue weighted by Crippen LogP contribution is 2.27. The van der Waals surface area contributed by atoms with E-state index in [-0.39, 0.29) is 17.0 Å². The van der Waals surface area contributed by atoms with Gasteiger partial charge < -0.3 is 5.73 Å². The molecule has 1 saturated carbocycles. The predicted octanol–water partition coefficient (Wildman–Crippen LogP) is 2.27. The van der Waals surface area contributed by atoms with E-state index in [0.717, 1.165) is 25.7 Å². The van der Waals surface area contributed by atoms with E-state index in [9.17, 15) is 12.8 Å². The zero-order chi connectivity index (χ0) is 14.8. The van der Waals surface area contributed by atoms with Crippen LogP contribution in [0.3, 0.4) is 0 Å². The molecule has 0 bridgehead atoms. The molecule has 1 fully saturated rings. The summed E-state index contributed by atoms with van der Waals surface area (Å²) in [5.74, 6) is -0.817. The summed E-state index contributed by atoms with van der Waals surface area (Å²) in [4.78, 5) is -0.411. The molecular weight excluding hydrogens is 303 g/mol. The molecule has 0 heterocycles. The maximum Gasteiger partial charge on any atom is 0.243 e. The van der Waals surface area contributed by atoms with Gasteiger partial charge in [0, 0.05) is 6.04 Å². The van der Waals surface area contributed by atoms with E-state index in [1.165, 1.54) is 18.2 Å². The van der Waals surface area contributed by atoms with E-state index in [4.69, 9.17) is 17.3 Å². The Morgan fingerprint density at radius 1 is 1.35 bits per heavy atom. The van der Waals surface area contributed by atoms with Crippen LogP contribution in [-0.2, 0) is 10.0 Å². The molecule has 0 saturated heterocycles. The van der Waals surface area contributed by atoms with Crippen molar-refractivity contribution in [3.8, 4) is 0 Å². The number of rotatable bonds is 4. The molecule has 4 nitrogen and oxygen atoms in total. The third kappa shape index (κ3) is 3.31. The Morgan fingerprint density at radius 3 is 2.75 bits per heavy atom. The first-order chi connectivity index (χ1) is 9.45. The van der Waals surface area contributed by atoms with E-state index < -0.39 is 20.7 Å². The van der Waals surface area contributed by atoms with Gasteiger partial charge in [0.25, 0.3) is 0 Å². The van der Waals surface area contributed by atoms with Crippen molar-refractivity contribution in [2.75, 3.05) is 6.54 Å². The summed E-state index contributed by atoms with van der Waals surface area (Å²) in [6, 6.07) is 3.71. The Labute approximate surface area is 123 Å². The fourth-order valence-electron chi connectivity index (χ4n) is 2.60. The summed E-state index contributed by atoms with van der Waals surface area (Å²) >= 11 is 5.63. The van der Waals surface area contributed by atoms with Crippen LogP contribution in [0.4, 0.5) is 4.39 Å². The molecule has 20 heavy (non-hydrogen) atoms. The topological polar surface area (TPSA) is 72.2 Å². The Bertz CT molecular complexity index is 580. The second-order valence-corrected chi connectivity index (χ2v) is 7.15. The molecule has 1 aliphatic carbocycles. The van der Waals surface area contributed by atoms with E-state index in [0.29, 0.717) is 6.54 Å². The second-order valence-electron chi connectivity index (χ2n) is 5.06. The van der Waals surface area contributed by atoms with Gasteiger partial charge in [-0.3, -0.25) is 0 Å². The molecule has 2 rings (SSSR count). The molecule has 0 aliphatic heterocycles. The lowest BCUT2D eigenvalue weighted by atomic mass is 9.85. The number of sulfonamides is 1. The smallest absolute Gasteiger partial charge is 0.243 e. The summed E-state index contributed by atoms with van der Waals surface area (Å²) in [6.07, 6.45) is 3.61. The van der Waals surface area contributed by atoms with E-state index in [1.54, 1.807) is 0 Å². The average molecular weight is 321 g/mol. The molecule has 3 N–H and O–H groups in total. The molecule has 1 aromatic carbocycles. The van der Waals surface area contributed by atoms with Crippen LogP contribution >= 0.6 is 11.6 Å². The number of benzene rings is 1. The van der Waals surface area contributed by atoms with Crippen LogP contribution in [0.15, 0.2) is 23.1 Å². The zero-order valence-corrected chi connectivity index (χ0v) is 12.6. The van der Waals surface area contributed by atoms with Crippen molar-refractivity contribution >= 4 is 21.6 Å². The van der Waals surface area contributed by atoms with Gasteiger partial charge >= 0.3 is 0 Å². The Hall–Kier alpha value is -0.690. The first-order valence-corrected chi connectivity index (χ1v) is 8.48. The third-order valence-corrected chi connectivity index (χ3v) is 5.52. The van der Waals surface area contributed by atoms with Crippen molar-refractivity contribution < 1.29 is 12.8 Å². The fourth-order valence-corrected chi connectivity index (χ4v) is 4.27. The minimum Gasteiger partial charge on any atom is -0.330 e. The van der Waals surface area contributed by atoms with Crippen LogP contribution in [0.1, 0.15) is 25.7 Å². The van der Waals surface area contributed by atoms with Gasteiger partial charge in [0.05, 0.1) is 5.02 Å². The largest absolute Gasteiger partial charge is 0.330 e. The lowest BCUT2D eigenvalue weighted by Crippen LogP contribution is -2.44. The highest BCUT2D eigenvalue weighted by atomic mass is 35.5. The van der Waals surface area contributed by atoms with Crippen molar-refractivity contribution in [2.24, 2.45) is 11.7 Å². The lowest BCUT2D eigenvalue weighted by Gasteiger charge is -2.31. The van der Waals surface area contributed by atoms with Gasteiger partial charge in [-0.2, -0.15) is 0 Å². The first kappa shape index (κ1) is 15.7.